The number of anilines is 3. The van der Waals surface area contributed by atoms with Gasteiger partial charge in [-0.15, -0.1) is 0 Å². The summed E-state index contributed by atoms with van der Waals surface area (Å²) in [5.74, 6) is 0.947. The van der Waals surface area contributed by atoms with Gasteiger partial charge in [-0.2, -0.15) is 10.1 Å². The highest BCUT2D eigenvalue weighted by atomic mass is 35.5. The van der Waals surface area contributed by atoms with Crippen molar-refractivity contribution in [3.8, 4) is 5.82 Å². The second-order valence-corrected chi connectivity index (χ2v) is 7.23. The Hall–Kier alpha value is -3.95. The van der Waals surface area contributed by atoms with Crippen LogP contribution in [-0.2, 0) is 0 Å². The van der Waals surface area contributed by atoms with E-state index in [0.717, 1.165) is 5.69 Å². The predicted octanol–water partition coefficient (Wildman–Crippen LogP) is 3.91. The highest BCUT2D eigenvalue weighted by Gasteiger charge is 2.15. The molecule has 0 aliphatic rings. The smallest absolute Gasteiger partial charge is 0.319 e. The van der Waals surface area contributed by atoms with Crippen molar-refractivity contribution in [1.29, 1.82) is 0 Å². The number of urea groups is 1. The molecular formula is C22H20ClN7O2. The first-order chi connectivity index (χ1) is 15.6. The summed E-state index contributed by atoms with van der Waals surface area (Å²) in [6, 6.07) is 17.1. The van der Waals surface area contributed by atoms with E-state index in [-0.39, 0.29) is 6.61 Å². The Morgan fingerprint density at radius 1 is 1.09 bits per heavy atom. The summed E-state index contributed by atoms with van der Waals surface area (Å²) < 4.78 is 1.52. The number of amides is 2. The van der Waals surface area contributed by atoms with Crippen LogP contribution in [0.2, 0.25) is 5.02 Å². The number of rotatable bonds is 7. The maximum absolute atomic E-state index is 12.4. The number of aliphatic hydroxyl groups excluding tert-OH is 1. The minimum atomic E-state index is -0.600. The molecule has 0 fully saturated rings. The van der Waals surface area contributed by atoms with E-state index >= 15 is 0 Å². The molecule has 0 saturated heterocycles. The van der Waals surface area contributed by atoms with Crippen molar-refractivity contribution in [2.24, 2.45) is 0 Å². The molecule has 9 nitrogen and oxygen atoms in total. The summed E-state index contributed by atoms with van der Waals surface area (Å²) in [6.45, 7) is -0.273. The van der Waals surface area contributed by atoms with Gasteiger partial charge in [0.25, 0.3) is 0 Å². The monoisotopic (exact) mass is 449 g/mol. The second kappa shape index (κ2) is 9.90. The van der Waals surface area contributed by atoms with Crippen molar-refractivity contribution in [3.05, 3.63) is 89.8 Å². The number of nitrogens with zero attached hydrogens (tertiary/aromatic N) is 4. The lowest BCUT2D eigenvalue weighted by atomic mass is 10.1. The summed E-state index contributed by atoms with van der Waals surface area (Å²) in [6.07, 6.45) is 4.74. The maximum Gasteiger partial charge on any atom is 0.319 e. The summed E-state index contributed by atoms with van der Waals surface area (Å²) in [7, 11) is 0. The zero-order valence-electron chi connectivity index (χ0n) is 16.8. The van der Waals surface area contributed by atoms with Crippen molar-refractivity contribution in [1.82, 2.24) is 25.1 Å². The number of benzene rings is 2. The zero-order chi connectivity index (χ0) is 22.3. The number of aliphatic hydroxyl groups is 1. The van der Waals surface area contributed by atoms with E-state index in [1.807, 2.05) is 30.3 Å². The molecule has 10 heteroatoms. The lowest BCUT2D eigenvalue weighted by molar-refractivity contribution is 0.225. The Bertz CT molecular complexity index is 1200. The van der Waals surface area contributed by atoms with Gasteiger partial charge in [-0.3, -0.25) is 0 Å². The number of para-hydroxylation sites is 1. The molecule has 2 aromatic carbocycles. The minimum Gasteiger partial charge on any atom is -0.394 e. The van der Waals surface area contributed by atoms with E-state index in [0.29, 0.717) is 28.0 Å². The summed E-state index contributed by atoms with van der Waals surface area (Å²) >= 11 is 5.99. The molecule has 1 atom stereocenters. The number of halogens is 1. The molecule has 2 amide bonds. The van der Waals surface area contributed by atoms with Crippen LogP contribution < -0.4 is 16.0 Å². The van der Waals surface area contributed by atoms with Crippen LogP contribution in [0.15, 0.2) is 79.3 Å². The zero-order valence-corrected chi connectivity index (χ0v) is 17.6. The number of aromatic nitrogens is 4. The predicted molar refractivity (Wildman–Crippen MR) is 122 cm³/mol. The van der Waals surface area contributed by atoms with Gasteiger partial charge in [-0.1, -0.05) is 41.9 Å². The first-order valence-corrected chi connectivity index (χ1v) is 10.1. The Morgan fingerprint density at radius 3 is 2.72 bits per heavy atom. The van der Waals surface area contributed by atoms with Crippen LogP contribution in [0, 0.1) is 0 Å². The molecule has 0 saturated carbocycles. The standard InChI is InChI=1S/C22H20ClN7O2/c23-16-6-4-5-15(11-16)19(14-31)28-22(32)27-18-12-25-30(13-18)20-9-10-24-21(29-20)26-17-7-2-1-3-8-17/h1-13,19,31H,14H2,(H,24,26,29)(H2,27,28,32)/t19-/m0/s1. The molecular weight excluding hydrogens is 430 g/mol. The van der Waals surface area contributed by atoms with Crippen LogP contribution in [0.25, 0.3) is 5.82 Å². The van der Waals surface area contributed by atoms with E-state index in [1.165, 1.54) is 10.9 Å². The van der Waals surface area contributed by atoms with Crippen LogP contribution in [-0.4, -0.2) is 37.5 Å². The quantitative estimate of drug-likeness (QED) is 0.340. The van der Waals surface area contributed by atoms with Gasteiger partial charge >= 0.3 is 6.03 Å². The van der Waals surface area contributed by atoms with Crippen LogP contribution in [0.4, 0.5) is 22.1 Å². The van der Waals surface area contributed by atoms with Crippen molar-refractivity contribution in [2.45, 2.75) is 6.04 Å². The molecule has 2 aromatic heterocycles. The summed E-state index contributed by atoms with van der Waals surface area (Å²) in [5, 5.41) is 23.0. The Kier molecular flexibility index (Phi) is 6.59. The number of nitrogens with one attached hydrogen (secondary N) is 3. The number of carbonyl (C=O) groups is 1. The van der Waals surface area contributed by atoms with E-state index in [4.69, 9.17) is 11.6 Å². The summed E-state index contributed by atoms with van der Waals surface area (Å²) in [5.41, 5.74) is 2.02. The minimum absolute atomic E-state index is 0.273. The van der Waals surface area contributed by atoms with Gasteiger partial charge in [0.05, 0.1) is 30.7 Å². The number of carbonyl (C=O) groups excluding carboxylic acids is 1. The lowest BCUT2D eigenvalue weighted by Crippen LogP contribution is -2.34. The van der Waals surface area contributed by atoms with Gasteiger partial charge in [-0.05, 0) is 29.8 Å². The molecule has 0 radical (unpaired) electrons. The van der Waals surface area contributed by atoms with Gasteiger partial charge in [-0.25, -0.2) is 14.5 Å². The normalized spacial score (nSPS) is 11.6. The largest absolute Gasteiger partial charge is 0.394 e. The second-order valence-electron chi connectivity index (χ2n) is 6.79. The van der Waals surface area contributed by atoms with Crippen molar-refractivity contribution in [3.63, 3.8) is 0 Å². The van der Waals surface area contributed by atoms with Gasteiger partial charge in [0.1, 0.15) is 0 Å². The fourth-order valence-electron chi connectivity index (χ4n) is 2.98. The first kappa shape index (κ1) is 21.3. The number of hydrogen-bond donors (Lipinski definition) is 4. The molecule has 0 unspecified atom stereocenters. The molecule has 0 bridgehead atoms. The number of hydrogen-bond acceptors (Lipinski definition) is 6. The Labute approximate surface area is 189 Å². The van der Waals surface area contributed by atoms with Crippen molar-refractivity contribution < 1.29 is 9.90 Å². The van der Waals surface area contributed by atoms with Crippen LogP contribution in [0.1, 0.15) is 11.6 Å². The first-order valence-electron chi connectivity index (χ1n) is 9.75. The van der Waals surface area contributed by atoms with E-state index < -0.39 is 12.1 Å². The Morgan fingerprint density at radius 2 is 1.94 bits per heavy atom. The molecule has 4 rings (SSSR count). The van der Waals surface area contributed by atoms with E-state index in [2.05, 4.69) is 31.0 Å². The maximum atomic E-state index is 12.4. The molecule has 0 spiro atoms. The average Bonchev–Trinajstić information content (AvgIpc) is 3.27. The molecule has 32 heavy (non-hydrogen) atoms. The fraction of sp³-hybridized carbons (Fsp3) is 0.0909. The molecule has 2 heterocycles. The third kappa shape index (κ3) is 5.39. The highest BCUT2D eigenvalue weighted by Crippen LogP contribution is 2.18. The lowest BCUT2D eigenvalue weighted by Gasteiger charge is -2.17. The third-order valence-corrected chi connectivity index (χ3v) is 4.72. The van der Waals surface area contributed by atoms with Gasteiger partial charge in [0, 0.05) is 23.0 Å². The Balaban J connectivity index is 1.41. The average molecular weight is 450 g/mol. The fourth-order valence-corrected chi connectivity index (χ4v) is 3.18. The van der Waals surface area contributed by atoms with Gasteiger partial charge in [0.2, 0.25) is 5.95 Å². The summed E-state index contributed by atoms with van der Waals surface area (Å²) in [4.78, 5) is 21.1. The van der Waals surface area contributed by atoms with Gasteiger partial charge in [0.15, 0.2) is 5.82 Å². The van der Waals surface area contributed by atoms with Crippen molar-refractivity contribution in [2.75, 3.05) is 17.2 Å². The topological polar surface area (TPSA) is 117 Å². The molecule has 4 aromatic rings. The molecule has 0 aliphatic heterocycles. The van der Waals surface area contributed by atoms with E-state index in [1.54, 1.807) is 42.7 Å². The van der Waals surface area contributed by atoms with Crippen LogP contribution in [0.5, 0.6) is 0 Å². The van der Waals surface area contributed by atoms with Crippen LogP contribution in [0.3, 0.4) is 0 Å². The SMILES string of the molecule is O=C(Nc1cnn(-c2ccnc(Nc3ccccc3)n2)c1)N[C@@H](CO)c1cccc(Cl)c1. The highest BCUT2D eigenvalue weighted by molar-refractivity contribution is 6.30. The molecule has 162 valence electrons. The van der Waals surface area contributed by atoms with E-state index in [9.17, 15) is 9.90 Å². The van der Waals surface area contributed by atoms with Crippen molar-refractivity contribution >= 4 is 35.0 Å². The van der Waals surface area contributed by atoms with Crippen LogP contribution >= 0.6 is 11.6 Å². The van der Waals surface area contributed by atoms with Gasteiger partial charge < -0.3 is 21.1 Å². The third-order valence-electron chi connectivity index (χ3n) is 4.48. The molecule has 0 aliphatic carbocycles. The molecule has 4 N–H and O–H groups in total.